The topological polar surface area (TPSA) is 45.2 Å². The summed E-state index contributed by atoms with van der Waals surface area (Å²) in [6.45, 7) is 2.82. The number of nitrogens with zero attached hydrogens (tertiary/aromatic N) is 2. The average molecular weight is 281 g/mol. The second kappa shape index (κ2) is 5.11. The van der Waals surface area contributed by atoms with Crippen LogP contribution in [0.15, 0.2) is 36.5 Å². The molecule has 1 amide bonds. The number of hydrogen-bond donors (Lipinski definition) is 1. The fourth-order valence-corrected chi connectivity index (χ4v) is 3.60. The third-order valence-electron chi connectivity index (χ3n) is 4.74. The maximum absolute atomic E-state index is 12.7. The molecule has 0 aliphatic carbocycles. The van der Waals surface area contributed by atoms with Crippen LogP contribution in [0.1, 0.15) is 23.2 Å². The van der Waals surface area contributed by atoms with Gasteiger partial charge in [0.05, 0.1) is 5.52 Å². The van der Waals surface area contributed by atoms with E-state index in [1.54, 1.807) is 6.20 Å². The van der Waals surface area contributed by atoms with Gasteiger partial charge in [-0.05, 0) is 49.6 Å². The lowest BCUT2D eigenvalue weighted by Crippen LogP contribution is -2.41. The number of carbonyl (C=O) groups excluding carboxylic acids is 1. The van der Waals surface area contributed by atoms with Crippen molar-refractivity contribution in [2.24, 2.45) is 5.92 Å². The fourth-order valence-electron chi connectivity index (χ4n) is 3.60. The van der Waals surface area contributed by atoms with Crippen molar-refractivity contribution in [3.8, 4) is 0 Å². The first-order valence-corrected chi connectivity index (χ1v) is 7.69. The first kappa shape index (κ1) is 12.8. The number of fused-ring (bicyclic) bond motifs is 2. The zero-order chi connectivity index (χ0) is 14.2. The van der Waals surface area contributed by atoms with Crippen LogP contribution in [-0.2, 0) is 0 Å². The van der Waals surface area contributed by atoms with Gasteiger partial charge in [0.2, 0.25) is 0 Å². The molecule has 1 N–H and O–H groups in total. The molecule has 21 heavy (non-hydrogen) atoms. The lowest BCUT2D eigenvalue weighted by Gasteiger charge is -2.24. The molecular formula is C17H19N3O. The van der Waals surface area contributed by atoms with E-state index in [4.69, 9.17) is 0 Å². The van der Waals surface area contributed by atoms with E-state index >= 15 is 0 Å². The van der Waals surface area contributed by atoms with Crippen molar-refractivity contribution in [1.29, 1.82) is 0 Å². The number of aromatic nitrogens is 1. The molecule has 4 heteroatoms. The molecule has 2 unspecified atom stereocenters. The summed E-state index contributed by atoms with van der Waals surface area (Å²) in [4.78, 5) is 19.0. The van der Waals surface area contributed by atoms with E-state index < -0.39 is 0 Å². The van der Waals surface area contributed by atoms with Crippen molar-refractivity contribution < 1.29 is 4.79 Å². The normalized spacial score (nSPS) is 25.0. The molecule has 4 nitrogen and oxygen atoms in total. The smallest absolute Gasteiger partial charge is 0.253 e. The Morgan fingerprint density at radius 3 is 3.14 bits per heavy atom. The number of pyridine rings is 1. The zero-order valence-corrected chi connectivity index (χ0v) is 12.0. The molecule has 1 aromatic heterocycles. The third kappa shape index (κ3) is 2.29. The SMILES string of the molecule is O=C(c1ccc2ncccc2c1)N1CC2CCCNC2C1. The quantitative estimate of drug-likeness (QED) is 0.870. The molecule has 0 saturated carbocycles. The molecule has 1 aromatic carbocycles. The lowest BCUT2D eigenvalue weighted by molar-refractivity contribution is 0.0786. The van der Waals surface area contributed by atoms with Gasteiger partial charge in [0.15, 0.2) is 0 Å². The Morgan fingerprint density at radius 1 is 1.29 bits per heavy atom. The fraction of sp³-hybridized carbons (Fsp3) is 0.412. The molecule has 2 aliphatic heterocycles. The van der Waals surface area contributed by atoms with E-state index in [1.165, 1.54) is 12.8 Å². The molecule has 2 aliphatic rings. The number of likely N-dealkylation sites (tertiary alicyclic amines) is 1. The standard InChI is InChI=1S/C17H19N3O/c21-17(20-10-14-4-2-8-19-16(14)11-20)13-5-6-15-12(9-13)3-1-7-18-15/h1,3,5-7,9,14,16,19H,2,4,8,10-11H2. The summed E-state index contributed by atoms with van der Waals surface area (Å²) in [6, 6.07) is 10.2. The summed E-state index contributed by atoms with van der Waals surface area (Å²) in [6.07, 6.45) is 4.24. The van der Waals surface area contributed by atoms with Gasteiger partial charge in [-0.15, -0.1) is 0 Å². The highest BCUT2D eigenvalue weighted by Gasteiger charge is 2.36. The molecule has 0 spiro atoms. The van der Waals surface area contributed by atoms with E-state index in [-0.39, 0.29) is 5.91 Å². The summed E-state index contributed by atoms with van der Waals surface area (Å²) < 4.78 is 0. The predicted octanol–water partition coefficient (Wildman–Crippen LogP) is 2.06. The first-order chi connectivity index (χ1) is 10.3. The van der Waals surface area contributed by atoms with Crippen LogP contribution >= 0.6 is 0 Å². The van der Waals surface area contributed by atoms with Gasteiger partial charge in [0, 0.05) is 36.3 Å². The highest BCUT2D eigenvalue weighted by Crippen LogP contribution is 2.26. The number of rotatable bonds is 1. The molecule has 0 radical (unpaired) electrons. The number of nitrogens with one attached hydrogen (secondary N) is 1. The molecule has 0 bridgehead atoms. The summed E-state index contributed by atoms with van der Waals surface area (Å²) in [7, 11) is 0. The van der Waals surface area contributed by atoms with E-state index in [9.17, 15) is 4.79 Å². The third-order valence-corrected chi connectivity index (χ3v) is 4.74. The Morgan fingerprint density at radius 2 is 2.24 bits per heavy atom. The van der Waals surface area contributed by atoms with Crippen molar-refractivity contribution in [2.45, 2.75) is 18.9 Å². The molecule has 2 saturated heterocycles. The Hall–Kier alpha value is -1.94. The van der Waals surface area contributed by atoms with Crippen LogP contribution in [0.4, 0.5) is 0 Å². The maximum Gasteiger partial charge on any atom is 0.253 e. The van der Waals surface area contributed by atoms with Gasteiger partial charge in [-0.3, -0.25) is 9.78 Å². The second-order valence-corrected chi connectivity index (χ2v) is 6.08. The van der Waals surface area contributed by atoms with Gasteiger partial charge in [-0.25, -0.2) is 0 Å². The Balaban J connectivity index is 1.58. The van der Waals surface area contributed by atoms with Crippen molar-refractivity contribution in [1.82, 2.24) is 15.2 Å². The molecule has 4 rings (SSSR count). The summed E-state index contributed by atoms with van der Waals surface area (Å²) >= 11 is 0. The van der Waals surface area contributed by atoms with Gasteiger partial charge < -0.3 is 10.2 Å². The van der Waals surface area contributed by atoms with Crippen LogP contribution in [0.3, 0.4) is 0 Å². The Kier molecular flexibility index (Phi) is 3.11. The van der Waals surface area contributed by atoms with Gasteiger partial charge >= 0.3 is 0 Å². The average Bonchev–Trinajstić information content (AvgIpc) is 2.97. The van der Waals surface area contributed by atoms with Crippen LogP contribution < -0.4 is 5.32 Å². The number of carbonyl (C=O) groups is 1. The minimum absolute atomic E-state index is 0.150. The summed E-state index contributed by atoms with van der Waals surface area (Å²) in [5.41, 5.74) is 1.71. The monoisotopic (exact) mass is 281 g/mol. The largest absolute Gasteiger partial charge is 0.337 e. The van der Waals surface area contributed by atoms with E-state index in [0.29, 0.717) is 12.0 Å². The predicted molar refractivity (Wildman–Crippen MR) is 82.2 cm³/mol. The number of piperidine rings is 1. The second-order valence-electron chi connectivity index (χ2n) is 6.08. The number of benzene rings is 1. The highest BCUT2D eigenvalue weighted by molar-refractivity contribution is 5.98. The lowest BCUT2D eigenvalue weighted by atomic mass is 9.94. The summed E-state index contributed by atoms with van der Waals surface area (Å²) in [5, 5.41) is 4.57. The molecule has 2 fully saturated rings. The zero-order valence-electron chi connectivity index (χ0n) is 12.0. The van der Waals surface area contributed by atoms with Crippen molar-refractivity contribution in [2.75, 3.05) is 19.6 Å². The Bertz CT molecular complexity index is 671. The van der Waals surface area contributed by atoms with Gasteiger partial charge in [-0.1, -0.05) is 6.07 Å². The van der Waals surface area contributed by atoms with E-state index in [2.05, 4.69) is 10.3 Å². The van der Waals surface area contributed by atoms with Crippen molar-refractivity contribution in [3.63, 3.8) is 0 Å². The molecule has 3 heterocycles. The van der Waals surface area contributed by atoms with Crippen LogP contribution in [0.5, 0.6) is 0 Å². The van der Waals surface area contributed by atoms with E-state index in [1.807, 2.05) is 35.2 Å². The first-order valence-electron chi connectivity index (χ1n) is 7.69. The Labute approximate surface area is 124 Å². The van der Waals surface area contributed by atoms with Crippen molar-refractivity contribution >= 4 is 16.8 Å². The minimum Gasteiger partial charge on any atom is -0.337 e. The highest BCUT2D eigenvalue weighted by atomic mass is 16.2. The van der Waals surface area contributed by atoms with Gasteiger partial charge in [0.1, 0.15) is 0 Å². The summed E-state index contributed by atoms with van der Waals surface area (Å²) in [5.74, 6) is 0.779. The van der Waals surface area contributed by atoms with Crippen LogP contribution in [0.2, 0.25) is 0 Å². The molecular weight excluding hydrogens is 262 g/mol. The van der Waals surface area contributed by atoms with Gasteiger partial charge in [0.25, 0.3) is 5.91 Å². The van der Waals surface area contributed by atoms with Crippen molar-refractivity contribution in [3.05, 3.63) is 42.1 Å². The maximum atomic E-state index is 12.7. The van der Waals surface area contributed by atoms with Crippen LogP contribution in [-0.4, -0.2) is 41.5 Å². The number of hydrogen-bond acceptors (Lipinski definition) is 3. The molecule has 108 valence electrons. The van der Waals surface area contributed by atoms with Crippen LogP contribution in [0.25, 0.3) is 10.9 Å². The van der Waals surface area contributed by atoms with Gasteiger partial charge in [-0.2, -0.15) is 0 Å². The van der Waals surface area contributed by atoms with Crippen LogP contribution in [0, 0.1) is 5.92 Å². The molecule has 2 aromatic rings. The minimum atomic E-state index is 0.150. The van der Waals surface area contributed by atoms with E-state index in [0.717, 1.165) is 36.1 Å². The number of amides is 1. The molecule has 2 atom stereocenters.